The minimum atomic E-state index is -0.291. The Hall–Kier alpha value is -4.94. The van der Waals surface area contributed by atoms with Gasteiger partial charge in [-0.15, -0.1) is 18.9 Å². The van der Waals surface area contributed by atoms with Gasteiger partial charge in [-0.3, -0.25) is 14.6 Å². The lowest BCUT2D eigenvalue weighted by Gasteiger charge is -2.23. The number of ketones is 1. The normalized spacial score (nSPS) is 9.76. The average Bonchev–Trinajstić information content (AvgIpc) is 3.07. The lowest BCUT2D eigenvalue weighted by atomic mass is 10.2. The topological polar surface area (TPSA) is 109 Å². The van der Waals surface area contributed by atoms with E-state index in [2.05, 4.69) is 39.4 Å². The first-order valence-corrected chi connectivity index (χ1v) is 14.6. The van der Waals surface area contributed by atoms with Crippen LogP contribution in [0.4, 0.5) is 0 Å². The molecular formula is C36H50N4O5. The van der Waals surface area contributed by atoms with Crippen molar-refractivity contribution in [2.45, 2.75) is 27.2 Å². The van der Waals surface area contributed by atoms with Crippen LogP contribution in [0.15, 0.2) is 97.1 Å². The number of carbonyl (C=O) groups excluding carboxylic acids is 3. The van der Waals surface area contributed by atoms with Gasteiger partial charge in [-0.2, -0.15) is 0 Å². The van der Waals surface area contributed by atoms with Crippen LogP contribution in [-0.2, 0) is 9.53 Å². The second kappa shape index (κ2) is 29.1. The van der Waals surface area contributed by atoms with Crippen molar-refractivity contribution in [2.75, 3.05) is 54.0 Å². The first-order chi connectivity index (χ1) is 21.8. The summed E-state index contributed by atoms with van der Waals surface area (Å²) < 4.78 is 9.94. The van der Waals surface area contributed by atoms with Crippen molar-refractivity contribution < 1.29 is 23.9 Å². The van der Waals surface area contributed by atoms with Gasteiger partial charge in [-0.05, 0) is 50.4 Å². The summed E-state index contributed by atoms with van der Waals surface area (Å²) in [7, 11) is 4.91. The standard InChI is InChI=1S/C21H30N4O3.C8H8O2.C5H6.C2H6/c1-5-14-28-19-9-6-8-18(15-19)21(27)24-11-7-10-20(23-4)25(13-12-22-3)16-17(2)26;1-10-8(9)7-5-3-2-4-6-7;1-3-5-4-2;1-2/h5-10,15,22H,1,11-14,16H2,2-4H3,(H,24,27);2-6H,1H3;1,4H,2,5H2;1-2H3/b10-7-,23-20?;;;. The van der Waals surface area contributed by atoms with E-state index in [1.165, 1.54) is 7.11 Å². The molecule has 9 nitrogen and oxygen atoms in total. The third-order valence-electron chi connectivity index (χ3n) is 5.17. The smallest absolute Gasteiger partial charge is 0.337 e. The Morgan fingerprint density at radius 2 is 1.71 bits per heavy atom. The van der Waals surface area contributed by atoms with Crippen molar-refractivity contribution >= 4 is 23.5 Å². The minimum Gasteiger partial charge on any atom is -0.490 e. The molecule has 9 heteroatoms. The number of Topliss-reactive ketones (excluding diaryl/α,β-unsaturated/α-hetero) is 1. The highest BCUT2D eigenvalue weighted by atomic mass is 16.5. The number of rotatable bonds is 14. The molecule has 0 aliphatic rings. The van der Waals surface area contributed by atoms with Gasteiger partial charge >= 0.3 is 5.97 Å². The predicted octanol–water partition coefficient (Wildman–Crippen LogP) is 5.37. The van der Waals surface area contributed by atoms with Crippen LogP contribution in [0.25, 0.3) is 0 Å². The number of ether oxygens (including phenoxy) is 2. The van der Waals surface area contributed by atoms with Crippen LogP contribution < -0.4 is 15.4 Å². The van der Waals surface area contributed by atoms with Crippen LogP contribution in [0.5, 0.6) is 5.75 Å². The third kappa shape index (κ3) is 21.4. The number of nitrogens with zero attached hydrogens (tertiary/aromatic N) is 2. The molecule has 0 bridgehead atoms. The molecule has 0 unspecified atom stereocenters. The number of esters is 1. The summed E-state index contributed by atoms with van der Waals surface area (Å²) >= 11 is 0. The molecule has 0 aliphatic heterocycles. The van der Waals surface area contributed by atoms with Crippen LogP contribution >= 0.6 is 0 Å². The SMILES string of the molecule is C#CCC=C.C=CCOc1cccc(C(=O)NC/C=C\C(=NC)N(CCNC)CC(C)=O)c1.CC.COC(=O)c1ccccc1. The van der Waals surface area contributed by atoms with Crippen molar-refractivity contribution in [1.29, 1.82) is 0 Å². The zero-order chi connectivity index (χ0) is 34.3. The number of amides is 1. The number of carbonyl (C=O) groups is 3. The zero-order valence-electron chi connectivity index (χ0n) is 27.7. The van der Waals surface area contributed by atoms with E-state index < -0.39 is 0 Å². The van der Waals surface area contributed by atoms with E-state index in [1.807, 2.05) is 44.0 Å². The van der Waals surface area contributed by atoms with Gasteiger partial charge in [-0.25, -0.2) is 4.79 Å². The molecule has 244 valence electrons. The highest BCUT2D eigenvalue weighted by Crippen LogP contribution is 2.13. The van der Waals surface area contributed by atoms with E-state index in [0.29, 0.717) is 55.4 Å². The lowest BCUT2D eigenvalue weighted by Crippen LogP contribution is -2.38. The van der Waals surface area contributed by atoms with Crippen molar-refractivity contribution in [3.05, 3.63) is 103 Å². The molecule has 1 amide bonds. The summed E-state index contributed by atoms with van der Waals surface area (Å²) in [6.45, 7) is 15.0. The Morgan fingerprint density at radius 3 is 2.22 bits per heavy atom. The second-order valence-corrected chi connectivity index (χ2v) is 8.60. The number of benzene rings is 2. The van der Waals surface area contributed by atoms with Gasteiger partial charge in [0.2, 0.25) is 0 Å². The van der Waals surface area contributed by atoms with Crippen LogP contribution in [-0.4, -0.2) is 82.4 Å². The number of hydrogen-bond donors (Lipinski definition) is 2. The molecule has 2 aromatic rings. The maximum atomic E-state index is 12.3. The molecule has 0 saturated carbocycles. The van der Waals surface area contributed by atoms with Gasteiger partial charge in [-0.1, -0.05) is 62.9 Å². The fourth-order valence-corrected chi connectivity index (χ4v) is 3.19. The molecule has 2 aromatic carbocycles. The molecule has 0 atom stereocenters. The molecular weight excluding hydrogens is 568 g/mol. The molecule has 0 aromatic heterocycles. The summed E-state index contributed by atoms with van der Waals surface area (Å²) in [5, 5.41) is 5.89. The summed E-state index contributed by atoms with van der Waals surface area (Å²) in [4.78, 5) is 40.7. The number of nitrogens with one attached hydrogen (secondary N) is 2. The monoisotopic (exact) mass is 618 g/mol. The van der Waals surface area contributed by atoms with Gasteiger partial charge in [0, 0.05) is 38.7 Å². The molecule has 0 heterocycles. The number of terminal acetylenes is 1. The molecule has 0 saturated heterocycles. The number of methoxy groups -OCH3 is 1. The molecule has 0 radical (unpaired) electrons. The maximum Gasteiger partial charge on any atom is 0.337 e. The van der Waals surface area contributed by atoms with E-state index in [4.69, 9.17) is 11.2 Å². The first kappa shape index (κ1) is 42.2. The summed E-state index contributed by atoms with van der Waals surface area (Å²) in [6, 6.07) is 15.9. The summed E-state index contributed by atoms with van der Waals surface area (Å²) in [6.07, 6.45) is 12.5. The van der Waals surface area contributed by atoms with Crippen LogP contribution in [0.3, 0.4) is 0 Å². The molecule has 45 heavy (non-hydrogen) atoms. The van der Waals surface area contributed by atoms with E-state index in [-0.39, 0.29) is 17.7 Å². The molecule has 0 fully saturated rings. The Balaban J connectivity index is 0. The van der Waals surface area contributed by atoms with Crippen molar-refractivity contribution in [3.63, 3.8) is 0 Å². The largest absolute Gasteiger partial charge is 0.490 e. The first-order valence-electron chi connectivity index (χ1n) is 14.6. The number of amidine groups is 1. The quantitative estimate of drug-likeness (QED) is 0.0963. The maximum absolute atomic E-state index is 12.3. The minimum absolute atomic E-state index is 0.0671. The van der Waals surface area contributed by atoms with E-state index in [0.717, 1.165) is 6.54 Å². The van der Waals surface area contributed by atoms with E-state index in [9.17, 15) is 14.4 Å². The van der Waals surface area contributed by atoms with Crippen molar-refractivity contribution in [3.8, 4) is 18.1 Å². The Bertz CT molecular complexity index is 1230. The number of likely N-dealkylation sites (N-methyl/N-ethyl adjacent to an activating group) is 1. The van der Waals surface area contributed by atoms with Crippen molar-refractivity contribution in [1.82, 2.24) is 15.5 Å². The third-order valence-corrected chi connectivity index (χ3v) is 5.17. The fourth-order valence-electron chi connectivity index (χ4n) is 3.19. The molecule has 2 rings (SSSR count). The number of aliphatic imine (C=N–C) groups is 1. The second-order valence-electron chi connectivity index (χ2n) is 8.60. The Morgan fingerprint density at radius 1 is 1.04 bits per heavy atom. The number of allylic oxidation sites excluding steroid dienone is 1. The average molecular weight is 619 g/mol. The zero-order valence-corrected chi connectivity index (χ0v) is 27.7. The Labute approximate surface area is 270 Å². The number of hydrogen-bond acceptors (Lipinski definition) is 7. The van der Waals surface area contributed by atoms with Crippen LogP contribution in [0.1, 0.15) is 47.9 Å². The summed E-state index contributed by atoms with van der Waals surface area (Å²) in [5.74, 6) is 3.29. The Kier molecular flexibility index (Phi) is 27.3. The van der Waals surface area contributed by atoms with Crippen LogP contribution in [0.2, 0.25) is 0 Å². The predicted molar refractivity (Wildman–Crippen MR) is 186 cm³/mol. The van der Waals surface area contributed by atoms with Gasteiger partial charge in [0.15, 0.2) is 0 Å². The highest BCUT2D eigenvalue weighted by Gasteiger charge is 2.10. The molecule has 0 aliphatic carbocycles. The van der Waals surface area contributed by atoms with Gasteiger partial charge in [0.05, 0.1) is 19.2 Å². The van der Waals surface area contributed by atoms with E-state index >= 15 is 0 Å². The van der Waals surface area contributed by atoms with E-state index in [1.54, 1.807) is 74.7 Å². The van der Waals surface area contributed by atoms with Crippen molar-refractivity contribution in [2.24, 2.45) is 4.99 Å². The highest BCUT2D eigenvalue weighted by molar-refractivity contribution is 5.96. The van der Waals surface area contributed by atoms with Gasteiger partial charge in [0.1, 0.15) is 24.0 Å². The lowest BCUT2D eigenvalue weighted by molar-refractivity contribution is -0.117. The molecule has 2 N–H and O–H groups in total. The summed E-state index contributed by atoms with van der Waals surface area (Å²) in [5.41, 5.74) is 1.11. The van der Waals surface area contributed by atoms with Gasteiger partial charge < -0.3 is 25.0 Å². The fraction of sp³-hybridized carbons (Fsp3) is 0.333. The molecule has 0 spiro atoms. The van der Waals surface area contributed by atoms with Gasteiger partial charge in [0.25, 0.3) is 5.91 Å². The van der Waals surface area contributed by atoms with Crippen LogP contribution in [0, 0.1) is 12.3 Å².